The molecule has 0 spiro atoms. The van der Waals surface area contributed by atoms with Crippen LogP contribution in [0.15, 0.2) is 61.2 Å². The zero-order valence-electron chi connectivity index (χ0n) is 19.9. The number of hydrogen-bond acceptors (Lipinski definition) is 6. The number of aromatic nitrogens is 6. The predicted octanol–water partition coefficient (Wildman–Crippen LogP) is 7.14. The van der Waals surface area contributed by atoms with Crippen molar-refractivity contribution in [3.63, 3.8) is 0 Å². The average Bonchev–Trinajstić information content (AvgIpc) is 3.66. The molecule has 6 heterocycles. The van der Waals surface area contributed by atoms with E-state index in [1.165, 1.54) is 25.3 Å². The van der Waals surface area contributed by atoms with Crippen LogP contribution < -0.4 is 4.74 Å². The van der Waals surface area contributed by atoms with Crippen molar-refractivity contribution in [2.24, 2.45) is 0 Å². The Kier molecular flexibility index (Phi) is 5.43. The summed E-state index contributed by atoms with van der Waals surface area (Å²) in [5.74, 6) is 0.777. The van der Waals surface area contributed by atoms with E-state index in [0.717, 1.165) is 85.0 Å². The third kappa shape index (κ3) is 4.15. The van der Waals surface area contributed by atoms with Gasteiger partial charge in [0.1, 0.15) is 11.4 Å². The Morgan fingerprint density at radius 3 is 2.65 bits per heavy atom. The lowest BCUT2D eigenvalue weighted by atomic mass is 9.98. The summed E-state index contributed by atoms with van der Waals surface area (Å²) in [4.78, 5) is 17.8. The summed E-state index contributed by atoms with van der Waals surface area (Å²) in [6, 6.07) is 11.2. The van der Waals surface area contributed by atoms with Crippen LogP contribution in [0.4, 0.5) is 4.39 Å². The van der Waals surface area contributed by atoms with Gasteiger partial charge < -0.3 is 9.72 Å². The second-order valence-corrected chi connectivity index (χ2v) is 10.4. The van der Waals surface area contributed by atoms with Crippen molar-refractivity contribution in [3.8, 4) is 39.0 Å². The topological polar surface area (TPSA) is 92.4 Å². The molecule has 0 radical (unpaired) electrons. The third-order valence-electron chi connectivity index (χ3n) is 6.92. The van der Waals surface area contributed by atoms with E-state index in [2.05, 4.69) is 30.1 Å². The van der Waals surface area contributed by atoms with Gasteiger partial charge in [0.2, 0.25) is 0 Å². The molecule has 0 aliphatic heterocycles. The fraction of sp³-hybridized carbons (Fsp3) is 0.214. The summed E-state index contributed by atoms with van der Waals surface area (Å²) in [5, 5.41) is 9.30. The second-order valence-electron chi connectivity index (χ2n) is 9.38. The first-order valence-electron chi connectivity index (χ1n) is 12.4. The number of hydrogen-bond donors (Lipinski definition) is 2. The van der Waals surface area contributed by atoms with Crippen LogP contribution in [0.3, 0.4) is 0 Å². The highest BCUT2D eigenvalue weighted by Gasteiger charge is 2.18. The van der Waals surface area contributed by atoms with Crippen LogP contribution in [-0.4, -0.2) is 36.2 Å². The van der Waals surface area contributed by atoms with Gasteiger partial charge in [-0.3, -0.25) is 20.1 Å². The molecule has 2 N–H and O–H groups in total. The molecule has 37 heavy (non-hydrogen) atoms. The molecular formula is C28H23FN6OS. The van der Waals surface area contributed by atoms with Crippen LogP contribution in [0.25, 0.3) is 55.0 Å². The van der Waals surface area contributed by atoms with Crippen molar-refractivity contribution in [2.75, 3.05) is 0 Å². The van der Waals surface area contributed by atoms with Gasteiger partial charge in [-0.25, -0.2) is 0 Å². The minimum atomic E-state index is -0.231. The molecule has 0 amide bonds. The van der Waals surface area contributed by atoms with Crippen molar-refractivity contribution >= 4 is 33.1 Å². The van der Waals surface area contributed by atoms with Crippen molar-refractivity contribution in [3.05, 3.63) is 66.3 Å². The molecule has 6 aromatic heterocycles. The summed E-state index contributed by atoms with van der Waals surface area (Å²) in [6.45, 7) is 0. The van der Waals surface area contributed by atoms with E-state index in [-0.39, 0.29) is 11.2 Å². The van der Waals surface area contributed by atoms with Gasteiger partial charge in [0, 0.05) is 34.2 Å². The largest absolute Gasteiger partial charge is 0.489 e. The number of pyridine rings is 3. The van der Waals surface area contributed by atoms with Crippen LogP contribution in [-0.2, 0) is 0 Å². The fourth-order valence-electron chi connectivity index (χ4n) is 5.10. The number of ether oxygens (including phenoxy) is 1. The molecule has 9 heteroatoms. The second kappa shape index (κ2) is 9.08. The fourth-order valence-corrected chi connectivity index (χ4v) is 5.84. The van der Waals surface area contributed by atoms with Gasteiger partial charge in [-0.05, 0) is 62.1 Å². The van der Waals surface area contributed by atoms with E-state index < -0.39 is 0 Å². The highest BCUT2D eigenvalue weighted by Crippen LogP contribution is 2.36. The van der Waals surface area contributed by atoms with Crippen LogP contribution in [0, 0.1) is 5.13 Å². The Morgan fingerprint density at radius 2 is 1.78 bits per heavy atom. The number of nitrogens with zero attached hydrogens (tertiary/aromatic N) is 4. The Hall–Kier alpha value is -4.11. The summed E-state index contributed by atoms with van der Waals surface area (Å²) >= 11 is 1.09. The van der Waals surface area contributed by atoms with Gasteiger partial charge in [0.25, 0.3) is 0 Å². The predicted molar refractivity (Wildman–Crippen MR) is 143 cm³/mol. The molecule has 1 fully saturated rings. The van der Waals surface area contributed by atoms with Crippen molar-refractivity contribution < 1.29 is 9.13 Å². The maximum atomic E-state index is 13.7. The van der Waals surface area contributed by atoms with Crippen molar-refractivity contribution in [1.29, 1.82) is 0 Å². The van der Waals surface area contributed by atoms with E-state index in [1.54, 1.807) is 24.7 Å². The normalized spacial score (nSPS) is 14.5. The monoisotopic (exact) mass is 510 g/mol. The Labute approximate surface area is 215 Å². The number of H-pyrrole nitrogens is 2. The van der Waals surface area contributed by atoms with Gasteiger partial charge in [-0.1, -0.05) is 6.42 Å². The average molecular weight is 511 g/mol. The number of rotatable bonds is 5. The molecule has 7 rings (SSSR count). The molecule has 0 bridgehead atoms. The first-order valence-corrected chi connectivity index (χ1v) is 13.2. The number of thiophene rings is 1. The molecular weight excluding hydrogens is 487 g/mol. The molecule has 0 atom stereocenters. The Bertz CT molecular complexity index is 1730. The lowest BCUT2D eigenvalue weighted by Crippen LogP contribution is -2.19. The highest BCUT2D eigenvalue weighted by molar-refractivity contribution is 7.13. The molecule has 6 aromatic rings. The van der Waals surface area contributed by atoms with Crippen molar-refractivity contribution in [2.45, 2.75) is 38.2 Å². The summed E-state index contributed by atoms with van der Waals surface area (Å²) in [6.07, 6.45) is 13.3. The lowest BCUT2D eigenvalue weighted by molar-refractivity contribution is 0.154. The third-order valence-corrected chi connectivity index (χ3v) is 7.80. The summed E-state index contributed by atoms with van der Waals surface area (Å²) in [5.41, 5.74) is 5.80. The standard InChI is InChI=1S/C28H23FN6OS/c29-26-7-6-25(37-26)28-19-12-23(33-21(19)8-9-31-28)27-20-11-22(32-15-24(20)34-35-27)16-10-18(14-30-13-16)36-17-4-2-1-3-5-17/h6-15,17,33H,1-5H2,(H,34,35). The SMILES string of the molecule is Fc1ccc(-c2nccc3[nH]c(-c4n[nH]c5cnc(-c6cncc(OC7CCCCC7)c6)cc45)cc23)s1. The lowest BCUT2D eigenvalue weighted by Gasteiger charge is -2.22. The molecule has 1 saturated carbocycles. The summed E-state index contributed by atoms with van der Waals surface area (Å²) < 4.78 is 19.9. The zero-order valence-corrected chi connectivity index (χ0v) is 20.7. The Balaban J connectivity index is 1.26. The minimum Gasteiger partial charge on any atom is -0.489 e. The van der Waals surface area contributed by atoms with E-state index in [9.17, 15) is 4.39 Å². The van der Waals surface area contributed by atoms with E-state index >= 15 is 0 Å². The van der Waals surface area contributed by atoms with E-state index in [1.807, 2.05) is 30.5 Å². The van der Waals surface area contributed by atoms with Crippen LogP contribution in [0.5, 0.6) is 5.75 Å². The molecule has 184 valence electrons. The molecule has 0 saturated heterocycles. The molecule has 7 nitrogen and oxygen atoms in total. The van der Waals surface area contributed by atoms with Gasteiger partial charge in [0.15, 0.2) is 5.13 Å². The van der Waals surface area contributed by atoms with Crippen LogP contribution in [0.1, 0.15) is 32.1 Å². The van der Waals surface area contributed by atoms with Gasteiger partial charge in [0.05, 0.1) is 46.0 Å². The maximum absolute atomic E-state index is 13.7. The van der Waals surface area contributed by atoms with Gasteiger partial charge in [-0.2, -0.15) is 9.49 Å². The number of nitrogens with one attached hydrogen (secondary N) is 2. The number of aromatic amines is 2. The summed E-state index contributed by atoms with van der Waals surface area (Å²) in [7, 11) is 0. The minimum absolute atomic E-state index is 0.231. The van der Waals surface area contributed by atoms with E-state index in [0.29, 0.717) is 0 Å². The smallest absolute Gasteiger partial charge is 0.177 e. The number of fused-ring (bicyclic) bond motifs is 2. The first-order chi connectivity index (χ1) is 18.2. The maximum Gasteiger partial charge on any atom is 0.177 e. The van der Waals surface area contributed by atoms with E-state index in [4.69, 9.17) is 4.74 Å². The van der Waals surface area contributed by atoms with Crippen LogP contribution in [0.2, 0.25) is 0 Å². The van der Waals surface area contributed by atoms with Crippen molar-refractivity contribution in [1.82, 2.24) is 30.1 Å². The van der Waals surface area contributed by atoms with Gasteiger partial charge >= 0.3 is 0 Å². The molecule has 0 unspecified atom stereocenters. The Morgan fingerprint density at radius 1 is 0.892 bits per heavy atom. The molecule has 0 aromatic carbocycles. The molecule has 1 aliphatic rings. The highest BCUT2D eigenvalue weighted by atomic mass is 32.1. The number of halogens is 1. The van der Waals surface area contributed by atoms with Gasteiger partial charge in [-0.15, -0.1) is 11.3 Å². The first kappa shape index (κ1) is 22.1. The quantitative estimate of drug-likeness (QED) is 0.257. The zero-order chi connectivity index (χ0) is 24.8. The molecule has 1 aliphatic carbocycles. The van der Waals surface area contributed by atoms with Crippen LogP contribution >= 0.6 is 11.3 Å².